The molecule has 3 atom stereocenters. The molecular weight excluding hydrogens is 466 g/mol. The lowest BCUT2D eigenvalue weighted by Gasteiger charge is -2.40. The Kier molecular flexibility index (Phi) is 12.1. The number of benzene rings is 1. The standard InChI is InChI=1S/C30H51N3O4/c1-18(2)13-16-23(9)33(28(35)25(19(3)4)32-29(36)37-30(10,11)12)26(27(34)31-20(5)6)24-17-21(7)14-15-22(24)8/h14-15,17-20,23,25-26H,13,16H2,1-12H3,(H,31,34)(H,32,36). The van der Waals surface area contributed by atoms with Gasteiger partial charge in [-0.15, -0.1) is 0 Å². The number of alkyl carbamates (subject to hydrolysis) is 1. The van der Waals surface area contributed by atoms with Crippen LogP contribution in [-0.2, 0) is 14.3 Å². The molecule has 0 heterocycles. The maximum Gasteiger partial charge on any atom is 0.408 e. The van der Waals surface area contributed by atoms with E-state index in [1.807, 2.05) is 66.7 Å². The normalized spacial score (nSPS) is 14.4. The van der Waals surface area contributed by atoms with Crippen molar-refractivity contribution in [1.82, 2.24) is 15.5 Å². The van der Waals surface area contributed by atoms with Gasteiger partial charge in [-0.3, -0.25) is 9.59 Å². The van der Waals surface area contributed by atoms with Gasteiger partial charge < -0.3 is 20.3 Å². The van der Waals surface area contributed by atoms with Gasteiger partial charge in [-0.25, -0.2) is 4.79 Å². The highest BCUT2D eigenvalue weighted by atomic mass is 16.6. The minimum absolute atomic E-state index is 0.0937. The van der Waals surface area contributed by atoms with E-state index in [9.17, 15) is 14.4 Å². The molecule has 3 amide bonds. The van der Waals surface area contributed by atoms with Crippen LogP contribution < -0.4 is 10.6 Å². The first-order chi connectivity index (χ1) is 16.9. The van der Waals surface area contributed by atoms with Gasteiger partial charge in [-0.05, 0) is 91.2 Å². The van der Waals surface area contributed by atoms with E-state index in [0.717, 1.165) is 29.5 Å². The van der Waals surface area contributed by atoms with Gasteiger partial charge in [0.05, 0.1) is 0 Å². The van der Waals surface area contributed by atoms with E-state index in [0.29, 0.717) is 5.92 Å². The summed E-state index contributed by atoms with van der Waals surface area (Å²) in [5, 5.41) is 5.84. The van der Waals surface area contributed by atoms with E-state index in [2.05, 4.69) is 24.5 Å². The Bertz CT molecular complexity index is 918. The number of rotatable bonds is 11. The molecule has 0 fully saturated rings. The van der Waals surface area contributed by atoms with Gasteiger partial charge in [0.25, 0.3) is 0 Å². The van der Waals surface area contributed by atoms with E-state index < -0.39 is 23.8 Å². The highest BCUT2D eigenvalue weighted by Gasteiger charge is 2.40. The smallest absolute Gasteiger partial charge is 0.408 e. The van der Waals surface area contributed by atoms with Crippen LogP contribution in [0, 0.1) is 25.7 Å². The maximum absolute atomic E-state index is 14.3. The van der Waals surface area contributed by atoms with Crippen molar-refractivity contribution in [1.29, 1.82) is 0 Å². The Hall–Kier alpha value is -2.57. The Morgan fingerprint density at radius 3 is 2.00 bits per heavy atom. The fourth-order valence-electron chi connectivity index (χ4n) is 4.26. The summed E-state index contributed by atoms with van der Waals surface area (Å²) in [7, 11) is 0. The molecule has 0 aliphatic heterocycles. The van der Waals surface area contributed by atoms with Crippen LogP contribution in [0.3, 0.4) is 0 Å². The van der Waals surface area contributed by atoms with Crippen LogP contribution in [0.25, 0.3) is 0 Å². The lowest BCUT2D eigenvalue weighted by molar-refractivity contribution is -0.146. The second-order valence-corrected chi connectivity index (χ2v) is 12.4. The highest BCUT2D eigenvalue weighted by molar-refractivity contribution is 5.92. The first kappa shape index (κ1) is 32.5. The summed E-state index contributed by atoms with van der Waals surface area (Å²) in [6.45, 7) is 23.2. The lowest BCUT2D eigenvalue weighted by atomic mass is 9.92. The topological polar surface area (TPSA) is 87.7 Å². The minimum atomic E-state index is -0.851. The molecule has 1 rings (SSSR count). The molecule has 210 valence electrons. The fourth-order valence-corrected chi connectivity index (χ4v) is 4.26. The Labute approximate surface area is 225 Å². The second kappa shape index (κ2) is 13.8. The Morgan fingerprint density at radius 2 is 1.51 bits per heavy atom. The average Bonchev–Trinajstić information content (AvgIpc) is 2.73. The number of carbonyl (C=O) groups is 3. The first-order valence-electron chi connectivity index (χ1n) is 13.6. The molecule has 0 aliphatic rings. The number of hydrogen-bond donors (Lipinski definition) is 2. The number of nitrogens with one attached hydrogen (secondary N) is 2. The molecule has 0 spiro atoms. The van der Waals surface area contributed by atoms with Gasteiger partial charge in [0.1, 0.15) is 17.7 Å². The van der Waals surface area contributed by atoms with E-state index in [4.69, 9.17) is 4.74 Å². The predicted molar refractivity (Wildman–Crippen MR) is 150 cm³/mol. The summed E-state index contributed by atoms with van der Waals surface area (Å²) >= 11 is 0. The largest absolute Gasteiger partial charge is 0.444 e. The monoisotopic (exact) mass is 517 g/mol. The van der Waals surface area contributed by atoms with Crippen LogP contribution in [0.4, 0.5) is 4.79 Å². The summed E-state index contributed by atoms with van der Waals surface area (Å²) in [6, 6.07) is 3.96. The molecule has 3 unspecified atom stereocenters. The van der Waals surface area contributed by atoms with Crippen molar-refractivity contribution in [3.8, 4) is 0 Å². The third-order valence-corrected chi connectivity index (χ3v) is 6.18. The third kappa shape index (κ3) is 10.4. The third-order valence-electron chi connectivity index (χ3n) is 6.18. The van der Waals surface area contributed by atoms with E-state index in [-0.39, 0.29) is 29.8 Å². The summed E-state index contributed by atoms with van der Waals surface area (Å²) in [5.41, 5.74) is 2.04. The average molecular weight is 518 g/mol. The van der Waals surface area contributed by atoms with Crippen LogP contribution in [0.5, 0.6) is 0 Å². The molecule has 0 saturated carbocycles. The molecule has 1 aromatic carbocycles. The molecule has 0 radical (unpaired) electrons. The number of ether oxygens (including phenoxy) is 1. The van der Waals surface area contributed by atoms with Gasteiger partial charge >= 0.3 is 6.09 Å². The van der Waals surface area contributed by atoms with Crippen molar-refractivity contribution < 1.29 is 19.1 Å². The highest BCUT2D eigenvalue weighted by Crippen LogP contribution is 2.31. The van der Waals surface area contributed by atoms with Gasteiger partial charge in [0.2, 0.25) is 11.8 Å². The summed E-state index contributed by atoms with van der Waals surface area (Å²) < 4.78 is 5.47. The molecule has 7 heteroatoms. The summed E-state index contributed by atoms with van der Waals surface area (Å²) in [6.07, 6.45) is 0.989. The molecule has 1 aromatic rings. The molecule has 2 N–H and O–H groups in total. The van der Waals surface area contributed by atoms with Crippen LogP contribution in [0.2, 0.25) is 0 Å². The second-order valence-electron chi connectivity index (χ2n) is 12.4. The number of amides is 3. The van der Waals surface area contributed by atoms with Crippen molar-refractivity contribution in [3.63, 3.8) is 0 Å². The van der Waals surface area contributed by atoms with Crippen molar-refractivity contribution in [2.75, 3.05) is 0 Å². The Balaban J connectivity index is 3.68. The zero-order valence-electron chi connectivity index (χ0n) is 25.2. The molecule has 7 nitrogen and oxygen atoms in total. The molecule has 0 aromatic heterocycles. The van der Waals surface area contributed by atoms with Crippen molar-refractivity contribution >= 4 is 17.9 Å². The predicted octanol–water partition coefficient (Wildman–Crippen LogP) is 6.07. The van der Waals surface area contributed by atoms with Crippen LogP contribution >= 0.6 is 0 Å². The van der Waals surface area contributed by atoms with Gasteiger partial charge in [0, 0.05) is 12.1 Å². The molecule has 37 heavy (non-hydrogen) atoms. The quantitative estimate of drug-likeness (QED) is 0.373. The molecule has 0 saturated heterocycles. The number of aryl methyl sites for hydroxylation is 2. The Morgan fingerprint density at radius 1 is 0.919 bits per heavy atom. The number of carbonyl (C=O) groups excluding carboxylic acids is 3. The number of hydrogen-bond acceptors (Lipinski definition) is 4. The minimum Gasteiger partial charge on any atom is -0.444 e. The SMILES string of the molecule is Cc1ccc(C)c(C(C(=O)NC(C)C)N(C(=O)C(NC(=O)OC(C)(C)C)C(C)C)C(C)CCC(C)C)c1. The van der Waals surface area contributed by atoms with Crippen molar-refractivity contribution in [3.05, 3.63) is 34.9 Å². The summed E-state index contributed by atoms with van der Waals surface area (Å²) in [4.78, 5) is 42.6. The van der Waals surface area contributed by atoms with Crippen LogP contribution in [0.1, 0.15) is 105 Å². The van der Waals surface area contributed by atoms with E-state index in [1.54, 1.807) is 25.7 Å². The molecular formula is C30H51N3O4. The van der Waals surface area contributed by atoms with E-state index >= 15 is 0 Å². The van der Waals surface area contributed by atoms with Crippen LogP contribution in [0.15, 0.2) is 18.2 Å². The van der Waals surface area contributed by atoms with Gasteiger partial charge in [-0.2, -0.15) is 0 Å². The number of nitrogens with zero attached hydrogens (tertiary/aromatic N) is 1. The van der Waals surface area contributed by atoms with E-state index in [1.165, 1.54) is 0 Å². The first-order valence-corrected chi connectivity index (χ1v) is 13.6. The van der Waals surface area contributed by atoms with Gasteiger partial charge in [-0.1, -0.05) is 51.5 Å². The zero-order valence-corrected chi connectivity index (χ0v) is 25.2. The fraction of sp³-hybridized carbons (Fsp3) is 0.700. The summed E-state index contributed by atoms with van der Waals surface area (Å²) in [5.74, 6) is -0.286. The molecule has 0 bridgehead atoms. The maximum atomic E-state index is 14.3. The van der Waals surface area contributed by atoms with Crippen LogP contribution in [-0.4, -0.2) is 46.5 Å². The lowest BCUT2D eigenvalue weighted by Crippen LogP contribution is -2.57. The van der Waals surface area contributed by atoms with Crippen molar-refractivity contribution in [2.45, 2.75) is 126 Å². The molecule has 0 aliphatic carbocycles. The van der Waals surface area contributed by atoms with Crippen molar-refractivity contribution in [2.24, 2.45) is 11.8 Å². The van der Waals surface area contributed by atoms with Gasteiger partial charge in [0.15, 0.2) is 0 Å². The zero-order chi connectivity index (χ0) is 28.7.